The molecule has 1 aromatic heterocycles. The number of hydrogen-bond acceptors (Lipinski definition) is 5. The number of Topliss-reactive ketones (excluding diaryl/α,β-unsaturated/α-hetero) is 1. The number of halogens is 1. The molecule has 2 aromatic carbocycles. The van der Waals surface area contributed by atoms with Crippen LogP contribution in [-0.4, -0.2) is 22.3 Å². The zero-order valence-electron chi connectivity index (χ0n) is 15.3. The van der Waals surface area contributed by atoms with E-state index in [-0.39, 0.29) is 11.6 Å². The number of anilines is 3. The van der Waals surface area contributed by atoms with Crippen LogP contribution in [0.5, 0.6) is 0 Å². The van der Waals surface area contributed by atoms with E-state index in [0.29, 0.717) is 41.6 Å². The molecule has 6 heteroatoms. The van der Waals surface area contributed by atoms with Crippen molar-refractivity contribution in [2.75, 3.05) is 17.2 Å². The van der Waals surface area contributed by atoms with E-state index < -0.39 is 0 Å². The summed E-state index contributed by atoms with van der Waals surface area (Å²) in [7, 11) is 0. The van der Waals surface area contributed by atoms with Crippen molar-refractivity contribution in [1.29, 1.82) is 0 Å². The molecular weight excluding hydrogens is 343 g/mol. The summed E-state index contributed by atoms with van der Waals surface area (Å²) in [5.41, 5.74) is 2.07. The lowest BCUT2D eigenvalue weighted by atomic mass is 10.1. The Balaban J connectivity index is 1.68. The highest BCUT2D eigenvalue weighted by molar-refractivity contribution is 5.95. The molecule has 5 nitrogen and oxygen atoms in total. The van der Waals surface area contributed by atoms with Crippen LogP contribution in [0.2, 0.25) is 0 Å². The molecule has 0 aliphatic heterocycles. The maximum atomic E-state index is 13.7. The molecule has 3 aromatic rings. The lowest BCUT2D eigenvalue weighted by Gasteiger charge is -2.11. The number of carbonyl (C=O) groups is 1. The molecule has 138 valence electrons. The fourth-order valence-electron chi connectivity index (χ4n) is 2.71. The van der Waals surface area contributed by atoms with Gasteiger partial charge >= 0.3 is 0 Å². The number of aromatic nitrogens is 2. The van der Waals surface area contributed by atoms with E-state index in [0.717, 1.165) is 5.69 Å². The first kappa shape index (κ1) is 18.5. The Morgan fingerprint density at radius 2 is 1.81 bits per heavy atom. The third kappa shape index (κ3) is 5.10. The topological polar surface area (TPSA) is 66.9 Å². The monoisotopic (exact) mass is 364 g/mol. The fraction of sp³-hybridized carbons (Fsp3) is 0.190. The summed E-state index contributed by atoms with van der Waals surface area (Å²) in [5, 5.41) is 6.40. The van der Waals surface area contributed by atoms with Gasteiger partial charge in [0, 0.05) is 23.9 Å². The summed E-state index contributed by atoms with van der Waals surface area (Å²) in [6, 6.07) is 15.8. The van der Waals surface area contributed by atoms with E-state index in [1.165, 1.54) is 13.0 Å². The van der Waals surface area contributed by atoms with Crippen molar-refractivity contribution in [2.45, 2.75) is 20.3 Å². The molecule has 0 fully saturated rings. The van der Waals surface area contributed by atoms with Crippen LogP contribution in [0, 0.1) is 12.7 Å². The smallest absolute Gasteiger partial charge is 0.159 e. The van der Waals surface area contributed by atoms with Gasteiger partial charge in [0.15, 0.2) is 5.78 Å². The summed E-state index contributed by atoms with van der Waals surface area (Å²) in [5.74, 6) is 1.69. The van der Waals surface area contributed by atoms with Crippen LogP contribution in [0.15, 0.2) is 54.6 Å². The molecule has 0 bridgehead atoms. The molecule has 0 atom stereocenters. The first-order valence-electron chi connectivity index (χ1n) is 8.72. The Kier molecular flexibility index (Phi) is 5.76. The highest BCUT2D eigenvalue weighted by Gasteiger charge is 2.06. The van der Waals surface area contributed by atoms with Crippen LogP contribution in [0.3, 0.4) is 0 Å². The van der Waals surface area contributed by atoms with Gasteiger partial charge in [0.05, 0.1) is 0 Å². The average Bonchev–Trinajstić information content (AvgIpc) is 2.63. The Bertz CT molecular complexity index is 958. The van der Waals surface area contributed by atoms with Gasteiger partial charge in [-0.1, -0.05) is 30.3 Å². The number of carbonyl (C=O) groups excluding carboxylic acids is 1. The number of hydrogen-bond donors (Lipinski definition) is 2. The van der Waals surface area contributed by atoms with E-state index in [1.54, 1.807) is 37.3 Å². The lowest BCUT2D eigenvalue weighted by Crippen LogP contribution is -2.09. The van der Waals surface area contributed by atoms with Gasteiger partial charge in [-0.15, -0.1) is 0 Å². The third-order valence-electron chi connectivity index (χ3n) is 4.04. The molecule has 27 heavy (non-hydrogen) atoms. The Morgan fingerprint density at radius 1 is 1.04 bits per heavy atom. The van der Waals surface area contributed by atoms with Crippen LogP contribution < -0.4 is 10.6 Å². The van der Waals surface area contributed by atoms with Crippen molar-refractivity contribution in [2.24, 2.45) is 0 Å². The molecular formula is C21H21FN4O. The van der Waals surface area contributed by atoms with Crippen molar-refractivity contribution in [3.63, 3.8) is 0 Å². The summed E-state index contributed by atoms with van der Waals surface area (Å²) in [6.45, 7) is 3.89. The van der Waals surface area contributed by atoms with Crippen molar-refractivity contribution >= 4 is 23.1 Å². The largest absolute Gasteiger partial charge is 0.370 e. The maximum absolute atomic E-state index is 13.7. The predicted molar refractivity (Wildman–Crippen MR) is 105 cm³/mol. The lowest BCUT2D eigenvalue weighted by molar-refractivity contribution is 0.101. The van der Waals surface area contributed by atoms with Gasteiger partial charge < -0.3 is 10.6 Å². The van der Waals surface area contributed by atoms with Gasteiger partial charge in [0.2, 0.25) is 0 Å². The van der Waals surface area contributed by atoms with Crippen LogP contribution in [0.1, 0.15) is 28.7 Å². The van der Waals surface area contributed by atoms with Crippen molar-refractivity contribution < 1.29 is 9.18 Å². The number of nitrogens with zero attached hydrogens (tertiary/aromatic N) is 2. The van der Waals surface area contributed by atoms with E-state index >= 15 is 0 Å². The highest BCUT2D eigenvalue weighted by Crippen LogP contribution is 2.19. The van der Waals surface area contributed by atoms with E-state index in [4.69, 9.17) is 0 Å². The zero-order chi connectivity index (χ0) is 19.2. The van der Waals surface area contributed by atoms with Gasteiger partial charge in [0.1, 0.15) is 23.3 Å². The van der Waals surface area contributed by atoms with Crippen LogP contribution in [0.4, 0.5) is 21.7 Å². The maximum Gasteiger partial charge on any atom is 0.159 e. The van der Waals surface area contributed by atoms with Crippen molar-refractivity contribution in [1.82, 2.24) is 9.97 Å². The fourth-order valence-corrected chi connectivity index (χ4v) is 2.71. The Hall–Kier alpha value is -3.28. The van der Waals surface area contributed by atoms with E-state index in [1.807, 2.05) is 18.2 Å². The van der Waals surface area contributed by atoms with Crippen LogP contribution in [0.25, 0.3) is 0 Å². The molecule has 1 heterocycles. The Labute approximate surface area is 157 Å². The summed E-state index contributed by atoms with van der Waals surface area (Å²) in [6.07, 6.45) is 0.555. The minimum Gasteiger partial charge on any atom is -0.370 e. The number of benzene rings is 2. The molecule has 0 saturated heterocycles. The molecule has 0 aliphatic carbocycles. The highest BCUT2D eigenvalue weighted by atomic mass is 19.1. The minimum absolute atomic E-state index is 0.00742. The molecule has 0 aliphatic rings. The van der Waals surface area contributed by atoms with Crippen molar-refractivity contribution in [3.8, 4) is 0 Å². The van der Waals surface area contributed by atoms with Gasteiger partial charge in [-0.25, -0.2) is 14.4 Å². The van der Waals surface area contributed by atoms with Crippen LogP contribution >= 0.6 is 0 Å². The molecule has 2 N–H and O–H groups in total. The first-order valence-corrected chi connectivity index (χ1v) is 8.72. The minimum atomic E-state index is -0.203. The first-order chi connectivity index (χ1) is 13.0. The second-order valence-corrected chi connectivity index (χ2v) is 6.22. The number of aryl methyl sites for hydroxylation is 1. The summed E-state index contributed by atoms with van der Waals surface area (Å²) < 4.78 is 13.7. The number of nitrogens with one attached hydrogen (secondary N) is 2. The van der Waals surface area contributed by atoms with Gasteiger partial charge in [-0.3, -0.25) is 4.79 Å². The molecule has 3 rings (SSSR count). The molecule has 0 radical (unpaired) electrons. The molecule has 0 unspecified atom stereocenters. The van der Waals surface area contributed by atoms with Crippen LogP contribution in [-0.2, 0) is 6.42 Å². The second-order valence-electron chi connectivity index (χ2n) is 6.22. The van der Waals surface area contributed by atoms with Gasteiger partial charge in [-0.2, -0.15) is 0 Å². The van der Waals surface area contributed by atoms with Gasteiger partial charge in [-0.05, 0) is 44.0 Å². The molecule has 0 amide bonds. The predicted octanol–water partition coefficient (Wildman–Crippen LogP) is 4.52. The SMILES string of the molecule is CC(=O)c1cccc(Nc2cc(NCCc3ccccc3F)nc(C)n2)c1. The standard InChI is InChI=1S/C21H21FN4O/c1-14(27)17-7-5-8-18(12-17)26-21-13-20(24-15(2)25-21)23-11-10-16-6-3-4-9-19(16)22/h3-9,12-13H,10-11H2,1-2H3,(H2,23,24,25,26). The zero-order valence-corrected chi connectivity index (χ0v) is 15.3. The molecule has 0 saturated carbocycles. The number of ketones is 1. The van der Waals surface area contributed by atoms with Crippen molar-refractivity contribution in [3.05, 3.63) is 77.4 Å². The molecule has 0 spiro atoms. The van der Waals surface area contributed by atoms with E-state index in [9.17, 15) is 9.18 Å². The quantitative estimate of drug-likeness (QED) is 0.603. The van der Waals surface area contributed by atoms with Gasteiger partial charge in [0.25, 0.3) is 0 Å². The summed E-state index contributed by atoms with van der Waals surface area (Å²) in [4.78, 5) is 20.3. The summed E-state index contributed by atoms with van der Waals surface area (Å²) >= 11 is 0. The van der Waals surface area contributed by atoms with E-state index in [2.05, 4.69) is 20.6 Å². The average molecular weight is 364 g/mol. The normalized spacial score (nSPS) is 10.5. The Morgan fingerprint density at radius 3 is 2.59 bits per heavy atom. The second kappa shape index (κ2) is 8.40. The number of rotatable bonds is 7. The third-order valence-corrected chi connectivity index (χ3v) is 4.04.